The zero-order valence-electron chi connectivity index (χ0n) is 59.9. The van der Waals surface area contributed by atoms with Crippen LogP contribution < -0.4 is 16.0 Å². The molecule has 10 saturated heterocycles. The number of carbonyl (C=O) groups is 7. The van der Waals surface area contributed by atoms with Crippen LogP contribution in [0, 0.1) is 17.8 Å². The van der Waals surface area contributed by atoms with Crippen molar-refractivity contribution in [2.45, 2.75) is 317 Å². The zero-order chi connectivity index (χ0) is 70.6. The van der Waals surface area contributed by atoms with E-state index in [9.17, 15) is 38.7 Å². The van der Waals surface area contributed by atoms with Gasteiger partial charge in [-0.1, -0.05) is 77.3 Å². The molecule has 0 radical (unpaired) electrons. The number of Topliss-reactive ketones (excluding diaryl/α,β-unsaturated/α-hetero) is 1. The average molecular weight is 1400 g/mol. The highest BCUT2D eigenvalue weighted by atomic mass is 16.8. The number of hydrogen-bond donors (Lipinski definition) is 4. The van der Waals surface area contributed by atoms with Crippen molar-refractivity contribution in [3.05, 3.63) is 59.8 Å². The Bertz CT molecular complexity index is 2970. The number of ether oxygens (including phenoxy) is 11. The maximum Gasteiger partial charge on any atom is 0.253 e. The first-order chi connectivity index (χ1) is 48.2. The number of amides is 5. The van der Waals surface area contributed by atoms with Gasteiger partial charge < -0.3 is 73.2 Å². The van der Waals surface area contributed by atoms with Crippen LogP contribution in [0.5, 0.6) is 0 Å². The van der Waals surface area contributed by atoms with E-state index in [0.29, 0.717) is 123 Å². The second-order valence-electron chi connectivity index (χ2n) is 30.6. The lowest BCUT2D eigenvalue weighted by Gasteiger charge is -2.47. The Balaban J connectivity index is 0.670. The molecule has 0 aromatic rings. The third kappa shape index (κ3) is 19.5. The van der Waals surface area contributed by atoms with Crippen molar-refractivity contribution in [3.8, 4) is 0 Å². The first-order valence-electron chi connectivity index (χ1n) is 38.1. The molecule has 0 aromatic heterocycles. The number of unbranched alkanes of at least 4 members (excludes halogenated alkanes) is 3. The standard InChI is InChI=1S/C77H114N4O19/c1-8-9-18-58(79-76(89)68(45(2)3)80-65(85)24-19-49-15-13-32-91-33-14-16-50(29-35-92-34-28-49)38-51(82)17-11-10-12-31-81-66(86)25-26-67(81)87)75(88)78-44-53(84)41-63-69(90-7)57-40-52(83)39-55-21-23-60-70(95-55)74-73-72(97-60)71-64(98-73)43-77(99-71,100-74)30-27-56-37-47(5)59(93-56)22-20-54-36-46(4)48(6)61(94-54)42-62(57)96-63/h15,25-26,38,45-46,53-64,68-74,84H,5-6,8-14,16-24,27-37,39-44H2,1-4,7H3,(H,78,88)(H,79,89)(H,80,85)/b49-15-,50-38-/t46-,53+,54+,55-,56+,57+,58+,59+,60+,61-,62+,63-,64?,68+,69-,70+,71+,72?,73?,74+,77+/m1/s1. The summed E-state index contributed by atoms with van der Waals surface area (Å²) < 4.78 is 73.3. The number of allylic oxidation sites excluding steroid dienone is 1. The van der Waals surface area contributed by atoms with Crippen molar-refractivity contribution >= 4 is 41.1 Å². The topological polar surface area (TPSA) is 281 Å². The Morgan fingerprint density at radius 1 is 0.740 bits per heavy atom. The van der Waals surface area contributed by atoms with Crippen molar-refractivity contribution in [1.29, 1.82) is 0 Å². The number of imide groups is 1. The molecule has 12 bridgehead atoms. The summed E-state index contributed by atoms with van der Waals surface area (Å²) in [6, 6.07) is -1.88. The van der Waals surface area contributed by atoms with Gasteiger partial charge in [0.1, 0.15) is 48.4 Å². The van der Waals surface area contributed by atoms with E-state index in [4.69, 9.17) is 52.1 Å². The van der Waals surface area contributed by atoms with Crippen LogP contribution in [0.2, 0.25) is 0 Å². The Labute approximate surface area is 591 Å². The molecule has 21 atom stereocenters. The van der Waals surface area contributed by atoms with Gasteiger partial charge in [-0.25, -0.2) is 0 Å². The molecular formula is C77H114N4O19. The fraction of sp³-hybridized carbons (Fsp3) is 0.779. The van der Waals surface area contributed by atoms with Gasteiger partial charge in [0.05, 0.1) is 87.0 Å². The van der Waals surface area contributed by atoms with Crippen molar-refractivity contribution < 1.29 is 90.8 Å². The largest absolute Gasteiger partial charge is 0.391 e. The number of ketones is 2. The van der Waals surface area contributed by atoms with Crippen LogP contribution in [0.3, 0.4) is 0 Å². The summed E-state index contributed by atoms with van der Waals surface area (Å²) >= 11 is 0. The molecule has 556 valence electrons. The summed E-state index contributed by atoms with van der Waals surface area (Å²) in [5, 5.41) is 20.7. The van der Waals surface area contributed by atoms with E-state index >= 15 is 0 Å². The Hall–Kier alpha value is -4.89. The third-order valence-electron chi connectivity index (χ3n) is 22.8. The van der Waals surface area contributed by atoms with E-state index in [1.165, 1.54) is 17.1 Å². The molecule has 23 heteroatoms. The van der Waals surface area contributed by atoms with E-state index in [0.717, 1.165) is 80.1 Å². The molecule has 1 spiro atoms. The first kappa shape index (κ1) is 76.2. The summed E-state index contributed by atoms with van der Waals surface area (Å²) in [5.74, 6) is -3.21. The molecule has 4 N–H and O–H groups in total. The van der Waals surface area contributed by atoms with Gasteiger partial charge in [0, 0.05) is 96.2 Å². The number of methoxy groups -OCH3 is 1. The van der Waals surface area contributed by atoms with Crippen LogP contribution >= 0.6 is 0 Å². The van der Waals surface area contributed by atoms with Crippen molar-refractivity contribution in [2.24, 2.45) is 17.8 Å². The minimum atomic E-state index is -1.10. The second kappa shape index (κ2) is 35.7. The maximum atomic E-state index is 14.7. The second-order valence-corrected chi connectivity index (χ2v) is 30.6. The SMILES string of the molecule is C=C1C[C@@H]2CC[C@@]34CC5OC6C(O[C@H]7CC[C@H](CC(=O)C[C@@H]8[C@@H](OC)[C@@H](C[C@H](O)CNC(=O)[C@H](CCCC)NC(=O)[C@@H](NC(=O)CC/C9=C/CCOCCC/C(=C/C(=O)CCCCCN%10C(=O)C=CC%10=O)CCOCC9)C(C)C)O[C@H]8C[C@H]8O[C@@H](CC[C@@H]1O2)C[C@@H](C)C8=C)O[C@@H]7[C@@H]6O3)[C@H]5O4. The van der Waals surface area contributed by atoms with Crippen LogP contribution in [0.1, 0.15) is 201 Å². The van der Waals surface area contributed by atoms with Gasteiger partial charge >= 0.3 is 0 Å². The van der Waals surface area contributed by atoms with Gasteiger partial charge in [-0.3, -0.25) is 38.5 Å². The lowest BCUT2D eigenvalue weighted by atomic mass is 9.81. The molecule has 12 rings (SSSR count). The summed E-state index contributed by atoms with van der Waals surface area (Å²) in [6.45, 7) is 19.0. The zero-order valence-corrected chi connectivity index (χ0v) is 59.9. The lowest BCUT2D eigenvalue weighted by molar-refractivity contribution is -0.292. The molecule has 0 aliphatic carbocycles. The number of nitrogens with zero attached hydrogens (tertiary/aromatic N) is 1. The van der Waals surface area contributed by atoms with Gasteiger partial charge in [0.25, 0.3) is 11.8 Å². The number of aliphatic hydroxyl groups excluding tert-OH is 1. The normalized spacial score (nSPS) is 36.9. The lowest BCUT2D eigenvalue weighted by Crippen LogP contribution is -2.61. The third-order valence-corrected chi connectivity index (χ3v) is 22.8. The number of rotatable bonds is 23. The fourth-order valence-corrected chi connectivity index (χ4v) is 17.3. The molecule has 5 amide bonds. The molecule has 12 heterocycles. The van der Waals surface area contributed by atoms with Gasteiger partial charge in [0.15, 0.2) is 11.6 Å². The van der Waals surface area contributed by atoms with Crippen LogP contribution in [-0.2, 0) is 85.7 Å². The van der Waals surface area contributed by atoms with Gasteiger partial charge in [-0.2, -0.15) is 0 Å². The van der Waals surface area contributed by atoms with Gasteiger partial charge in [0.2, 0.25) is 17.7 Å². The molecular weight excluding hydrogens is 1280 g/mol. The maximum absolute atomic E-state index is 14.7. The molecule has 10 fully saturated rings. The Morgan fingerprint density at radius 2 is 1.49 bits per heavy atom. The predicted octanol–water partition coefficient (Wildman–Crippen LogP) is 8.10. The highest BCUT2D eigenvalue weighted by Crippen LogP contribution is 2.55. The predicted molar refractivity (Wildman–Crippen MR) is 368 cm³/mol. The number of hydrogen-bond acceptors (Lipinski definition) is 19. The molecule has 0 saturated carbocycles. The van der Waals surface area contributed by atoms with Crippen molar-refractivity contribution in [1.82, 2.24) is 20.9 Å². The first-order valence-corrected chi connectivity index (χ1v) is 38.1. The number of fused-ring (bicyclic) bond motifs is 6. The summed E-state index contributed by atoms with van der Waals surface area (Å²) in [4.78, 5) is 94.6. The van der Waals surface area contributed by atoms with Crippen molar-refractivity contribution in [2.75, 3.05) is 46.6 Å². The smallest absolute Gasteiger partial charge is 0.253 e. The molecule has 23 nitrogen and oxygen atoms in total. The van der Waals surface area contributed by atoms with Crippen LogP contribution in [0.25, 0.3) is 0 Å². The van der Waals surface area contributed by atoms with E-state index in [1.807, 2.05) is 20.8 Å². The van der Waals surface area contributed by atoms with Crippen LogP contribution in [0.4, 0.5) is 0 Å². The monoisotopic (exact) mass is 1400 g/mol. The Kier molecular flexibility index (Phi) is 27.2. The minimum Gasteiger partial charge on any atom is -0.391 e. The summed E-state index contributed by atoms with van der Waals surface area (Å²) in [6.07, 6.45) is 15.9. The number of aliphatic hydroxyl groups is 1. The summed E-state index contributed by atoms with van der Waals surface area (Å²) in [5.41, 5.74) is 4.11. The molecule has 12 aliphatic rings. The summed E-state index contributed by atoms with van der Waals surface area (Å²) in [7, 11) is 1.61. The average Bonchev–Trinajstić information content (AvgIpc) is 1.55. The number of carbonyl (C=O) groups excluding carboxylic acids is 7. The quantitative estimate of drug-likeness (QED) is 0.0325. The van der Waals surface area contributed by atoms with E-state index < -0.39 is 72.2 Å². The Morgan fingerprint density at radius 3 is 2.29 bits per heavy atom. The molecule has 0 aromatic carbocycles. The molecule has 12 aliphatic heterocycles. The fourth-order valence-electron chi connectivity index (χ4n) is 17.3. The highest BCUT2D eigenvalue weighted by Gasteiger charge is 2.69. The molecule has 3 unspecified atom stereocenters. The van der Waals surface area contributed by atoms with Crippen LogP contribution in [0.15, 0.2) is 59.8 Å². The van der Waals surface area contributed by atoms with Gasteiger partial charge in [-0.15, -0.1) is 0 Å². The molecule has 100 heavy (non-hydrogen) atoms. The van der Waals surface area contributed by atoms with E-state index in [-0.39, 0.29) is 134 Å². The number of nitrogens with one attached hydrogen (secondary N) is 3. The van der Waals surface area contributed by atoms with E-state index in [1.54, 1.807) is 13.2 Å². The van der Waals surface area contributed by atoms with E-state index in [2.05, 4.69) is 42.1 Å². The van der Waals surface area contributed by atoms with Crippen molar-refractivity contribution in [3.63, 3.8) is 0 Å². The highest BCUT2D eigenvalue weighted by molar-refractivity contribution is 6.12. The minimum absolute atomic E-state index is 0.00806. The van der Waals surface area contributed by atoms with Crippen LogP contribution in [-0.4, -0.2) is 213 Å². The van der Waals surface area contributed by atoms with Gasteiger partial charge in [-0.05, 0) is 132 Å².